The van der Waals surface area contributed by atoms with E-state index in [4.69, 9.17) is 5.26 Å². The number of tetrazole rings is 1. The van der Waals surface area contributed by atoms with Crippen molar-refractivity contribution in [2.75, 3.05) is 5.32 Å². The number of nitrogens with one attached hydrogen (secondary N) is 2. The minimum absolute atomic E-state index is 0.183. The van der Waals surface area contributed by atoms with Crippen molar-refractivity contribution in [3.63, 3.8) is 0 Å². The predicted molar refractivity (Wildman–Crippen MR) is 78.0 cm³/mol. The Morgan fingerprint density at radius 2 is 2.09 bits per heavy atom. The Bertz CT molecular complexity index is 830. The molecule has 1 aliphatic carbocycles. The molecule has 2 aromatic rings. The van der Waals surface area contributed by atoms with Gasteiger partial charge >= 0.3 is 0 Å². The highest BCUT2D eigenvalue weighted by Crippen LogP contribution is 2.33. The third kappa shape index (κ3) is 2.82. The van der Waals surface area contributed by atoms with Gasteiger partial charge in [0.2, 0.25) is 5.82 Å². The Hall–Kier alpha value is -2.73. The maximum atomic E-state index is 12.1. The Morgan fingerprint density at radius 1 is 1.36 bits per heavy atom. The standard InChI is InChI=1S/C13H12N6O2S/c14-7-9(13-16-18-19-17-13)8-15-10-1-3-11(4-2-10)22(20,21)12-5-6-12/h1-4,8,12,15H,5-6H2,(H,16,17,18,19). The van der Waals surface area contributed by atoms with Gasteiger partial charge in [-0.05, 0) is 42.3 Å². The van der Waals surface area contributed by atoms with E-state index in [9.17, 15) is 8.42 Å². The highest BCUT2D eigenvalue weighted by atomic mass is 32.2. The van der Waals surface area contributed by atoms with Crippen molar-refractivity contribution >= 4 is 21.1 Å². The number of hydrogen-bond donors (Lipinski definition) is 2. The zero-order valence-electron chi connectivity index (χ0n) is 11.4. The van der Waals surface area contributed by atoms with Gasteiger partial charge in [-0.3, -0.25) is 0 Å². The van der Waals surface area contributed by atoms with Crippen molar-refractivity contribution in [3.8, 4) is 6.07 Å². The van der Waals surface area contributed by atoms with E-state index >= 15 is 0 Å². The topological polar surface area (TPSA) is 124 Å². The highest BCUT2D eigenvalue weighted by Gasteiger charge is 2.36. The van der Waals surface area contributed by atoms with Crippen LogP contribution in [0.2, 0.25) is 0 Å². The molecule has 3 rings (SSSR count). The van der Waals surface area contributed by atoms with E-state index in [2.05, 4.69) is 25.9 Å². The Kier molecular flexibility index (Phi) is 3.60. The molecule has 0 atom stereocenters. The first kappa shape index (κ1) is 14.2. The van der Waals surface area contributed by atoms with Gasteiger partial charge in [0.05, 0.1) is 10.1 Å². The van der Waals surface area contributed by atoms with Crippen molar-refractivity contribution in [3.05, 3.63) is 36.3 Å². The summed E-state index contributed by atoms with van der Waals surface area (Å²) in [7, 11) is -3.18. The van der Waals surface area contributed by atoms with E-state index < -0.39 is 9.84 Å². The number of sulfone groups is 1. The number of H-pyrrole nitrogens is 1. The fourth-order valence-electron chi connectivity index (χ4n) is 1.89. The highest BCUT2D eigenvalue weighted by molar-refractivity contribution is 7.92. The van der Waals surface area contributed by atoms with Crippen molar-refractivity contribution in [2.45, 2.75) is 23.0 Å². The molecule has 2 N–H and O–H groups in total. The van der Waals surface area contributed by atoms with E-state index in [1.807, 2.05) is 6.07 Å². The summed E-state index contributed by atoms with van der Waals surface area (Å²) in [6.45, 7) is 0. The van der Waals surface area contributed by atoms with Gasteiger partial charge in [0.1, 0.15) is 11.6 Å². The smallest absolute Gasteiger partial charge is 0.216 e. The van der Waals surface area contributed by atoms with Crippen LogP contribution in [0.3, 0.4) is 0 Å². The van der Waals surface area contributed by atoms with Crippen LogP contribution in [-0.4, -0.2) is 34.3 Å². The minimum atomic E-state index is -3.18. The SMILES string of the molecule is N#CC(=CNc1ccc(S(=O)(=O)C2CC2)cc1)c1nn[nH]n1. The normalized spacial score (nSPS) is 15.3. The van der Waals surface area contributed by atoms with Gasteiger partial charge in [-0.15, -0.1) is 10.2 Å². The van der Waals surface area contributed by atoms with E-state index in [1.165, 1.54) is 6.20 Å². The molecule has 8 nitrogen and oxygen atoms in total. The molecule has 0 bridgehead atoms. The molecule has 0 amide bonds. The molecule has 1 saturated carbocycles. The summed E-state index contributed by atoms with van der Waals surface area (Å²) < 4.78 is 24.1. The Morgan fingerprint density at radius 3 is 2.64 bits per heavy atom. The fraction of sp³-hybridized carbons (Fsp3) is 0.231. The van der Waals surface area contributed by atoms with Crippen molar-refractivity contribution in [2.24, 2.45) is 0 Å². The summed E-state index contributed by atoms with van der Waals surface area (Å²) in [5, 5.41) is 24.8. The molecule has 0 unspecified atom stereocenters. The number of aromatic amines is 1. The third-order valence-corrected chi connectivity index (χ3v) is 5.51. The summed E-state index contributed by atoms with van der Waals surface area (Å²) in [4.78, 5) is 0.322. The molecule has 1 aliphatic rings. The summed E-state index contributed by atoms with van der Waals surface area (Å²) in [5.41, 5.74) is 0.870. The van der Waals surface area contributed by atoms with Crippen LogP contribution in [0.4, 0.5) is 5.69 Å². The average molecular weight is 316 g/mol. The summed E-state index contributed by atoms with van der Waals surface area (Å²) >= 11 is 0. The molecule has 9 heteroatoms. The van der Waals surface area contributed by atoms with Crippen molar-refractivity contribution in [1.29, 1.82) is 5.26 Å². The van der Waals surface area contributed by atoms with Crippen LogP contribution in [0.1, 0.15) is 18.7 Å². The lowest BCUT2D eigenvalue weighted by molar-refractivity contribution is 0.595. The van der Waals surface area contributed by atoms with E-state index in [0.29, 0.717) is 10.6 Å². The second kappa shape index (κ2) is 5.57. The third-order valence-electron chi connectivity index (χ3n) is 3.24. The predicted octanol–water partition coefficient (Wildman–Crippen LogP) is 1.11. The molecule has 0 saturated heterocycles. The number of hydrogen-bond acceptors (Lipinski definition) is 7. The van der Waals surface area contributed by atoms with Gasteiger partial charge < -0.3 is 5.32 Å². The number of nitrogens with zero attached hydrogens (tertiary/aromatic N) is 4. The lowest BCUT2D eigenvalue weighted by Crippen LogP contribution is -2.06. The number of anilines is 1. The largest absolute Gasteiger partial charge is 0.360 e. The summed E-state index contributed by atoms with van der Waals surface area (Å²) in [6.07, 6.45) is 2.91. The number of benzene rings is 1. The molecule has 1 aromatic carbocycles. The van der Waals surface area contributed by atoms with Gasteiger partial charge in [-0.25, -0.2) is 8.42 Å². The number of allylic oxidation sites excluding steroid dienone is 1. The maximum absolute atomic E-state index is 12.1. The van der Waals surface area contributed by atoms with Crippen LogP contribution in [0, 0.1) is 11.3 Å². The van der Waals surface area contributed by atoms with Crippen LogP contribution >= 0.6 is 0 Å². The van der Waals surface area contributed by atoms with Crippen molar-refractivity contribution in [1.82, 2.24) is 20.6 Å². The molecule has 22 heavy (non-hydrogen) atoms. The molecule has 0 aliphatic heterocycles. The zero-order valence-corrected chi connectivity index (χ0v) is 12.2. The van der Waals surface area contributed by atoms with Crippen LogP contribution < -0.4 is 5.32 Å². The summed E-state index contributed by atoms with van der Waals surface area (Å²) in [6, 6.07) is 8.37. The molecule has 1 heterocycles. The monoisotopic (exact) mass is 316 g/mol. The van der Waals surface area contributed by atoms with Crippen molar-refractivity contribution < 1.29 is 8.42 Å². The quantitative estimate of drug-likeness (QED) is 0.792. The zero-order chi connectivity index (χ0) is 15.6. The first-order chi connectivity index (χ1) is 10.6. The molecule has 1 aromatic heterocycles. The van der Waals surface area contributed by atoms with Crippen LogP contribution in [-0.2, 0) is 9.84 Å². The molecular formula is C13H12N6O2S. The van der Waals surface area contributed by atoms with Gasteiger partial charge in [0.25, 0.3) is 0 Å². The molecule has 112 valence electrons. The second-order valence-corrected chi connectivity index (χ2v) is 7.05. The molecule has 1 fully saturated rings. The fourth-order valence-corrected chi connectivity index (χ4v) is 3.55. The van der Waals surface area contributed by atoms with Crippen LogP contribution in [0.5, 0.6) is 0 Å². The Labute approximate surface area is 126 Å². The lowest BCUT2D eigenvalue weighted by Gasteiger charge is -2.05. The lowest BCUT2D eigenvalue weighted by atomic mass is 10.3. The number of rotatable bonds is 5. The summed E-state index contributed by atoms with van der Waals surface area (Å²) in [5.74, 6) is 0.183. The first-order valence-electron chi connectivity index (χ1n) is 6.56. The molecule has 0 radical (unpaired) electrons. The first-order valence-corrected chi connectivity index (χ1v) is 8.10. The van der Waals surface area contributed by atoms with E-state index in [-0.39, 0.29) is 16.6 Å². The minimum Gasteiger partial charge on any atom is -0.360 e. The average Bonchev–Trinajstić information content (AvgIpc) is 3.26. The number of aromatic nitrogens is 4. The van der Waals surface area contributed by atoms with Gasteiger partial charge in [0.15, 0.2) is 9.84 Å². The number of nitriles is 1. The second-order valence-electron chi connectivity index (χ2n) is 4.82. The van der Waals surface area contributed by atoms with Crippen LogP contribution in [0.25, 0.3) is 5.57 Å². The van der Waals surface area contributed by atoms with Gasteiger partial charge in [-0.1, -0.05) is 0 Å². The van der Waals surface area contributed by atoms with Crippen LogP contribution in [0.15, 0.2) is 35.4 Å². The molecular weight excluding hydrogens is 304 g/mol. The van der Waals surface area contributed by atoms with Gasteiger partial charge in [-0.2, -0.15) is 10.5 Å². The van der Waals surface area contributed by atoms with E-state index in [1.54, 1.807) is 24.3 Å². The Balaban J connectivity index is 1.75. The van der Waals surface area contributed by atoms with Gasteiger partial charge in [0, 0.05) is 11.9 Å². The van der Waals surface area contributed by atoms with E-state index in [0.717, 1.165) is 12.8 Å². The molecule has 0 spiro atoms. The maximum Gasteiger partial charge on any atom is 0.216 e.